The summed E-state index contributed by atoms with van der Waals surface area (Å²) in [7, 11) is -3.50. The van der Waals surface area contributed by atoms with Gasteiger partial charge in [-0.2, -0.15) is 0 Å². The van der Waals surface area contributed by atoms with Crippen molar-refractivity contribution in [1.82, 2.24) is 0 Å². The molecule has 0 heterocycles. The molecule has 0 aliphatic heterocycles. The Morgan fingerprint density at radius 3 is 2.33 bits per heavy atom. The molecule has 1 N–H and O–H groups in total. The quantitative estimate of drug-likeness (QED) is 0.905. The fraction of sp³-hybridized carbons (Fsp3) is 0.417. The summed E-state index contributed by atoms with van der Waals surface area (Å²) in [4.78, 5) is 10.9. The maximum absolute atomic E-state index is 12.2. The second-order valence-electron chi connectivity index (χ2n) is 3.93. The minimum atomic E-state index is -3.50. The van der Waals surface area contributed by atoms with Crippen molar-refractivity contribution in [2.45, 2.75) is 36.8 Å². The molecule has 0 aliphatic carbocycles. The average Bonchev–Trinajstić information content (AvgIpc) is 2.30. The van der Waals surface area contributed by atoms with Crippen LogP contribution >= 0.6 is 11.6 Å². The van der Waals surface area contributed by atoms with Gasteiger partial charge in [0.25, 0.3) is 0 Å². The lowest BCUT2D eigenvalue weighted by molar-refractivity contribution is 0.0697. The van der Waals surface area contributed by atoms with Gasteiger partial charge < -0.3 is 5.11 Å². The van der Waals surface area contributed by atoms with Crippen LogP contribution < -0.4 is 0 Å². The summed E-state index contributed by atoms with van der Waals surface area (Å²) in [6, 6.07) is 3.78. The highest BCUT2D eigenvalue weighted by Gasteiger charge is 2.25. The van der Waals surface area contributed by atoms with Crippen LogP contribution in [-0.2, 0) is 9.84 Å². The molecule has 0 bridgehead atoms. The lowest BCUT2D eigenvalue weighted by atomic mass is 10.2. The van der Waals surface area contributed by atoms with Crippen molar-refractivity contribution >= 4 is 27.4 Å². The number of hydrogen-bond acceptors (Lipinski definition) is 3. The van der Waals surface area contributed by atoms with E-state index < -0.39 is 21.1 Å². The average molecular weight is 291 g/mol. The molecular weight excluding hydrogens is 276 g/mol. The number of rotatable bonds is 5. The number of halogens is 1. The van der Waals surface area contributed by atoms with Gasteiger partial charge >= 0.3 is 5.97 Å². The molecule has 0 unspecified atom stereocenters. The third kappa shape index (κ3) is 2.84. The van der Waals surface area contributed by atoms with Crippen LogP contribution in [0.1, 0.15) is 37.0 Å². The van der Waals surface area contributed by atoms with Crippen molar-refractivity contribution in [3.05, 3.63) is 28.8 Å². The van der Waals surface area contributed by atoms with Crippen LogP contribution in [-0.4, -0.2) is 24.7 Å². The first-order valence-electron chi connectivity index (χ1n) is 5.61. The smallest absolute Gasteiger partial charge is 0.337 e. The lowest BCUT2D eigenvalue weighted by Gasteiger charge is -2.14. The predicted molar refractivity (Wildman–Crippen MR) is 70.0 cm³/mol. The minimum absolute atomic E-state index is 0.0120. The van der Waals surface area contributed by atoms with Crippen molar-refractivity contribution in [1.29, 1.82) is 0 Å². The predicted octanol–water partition coefficient (Wildman–Crippen LogP) is 3.00. The first kappa shape index (κ1) is 15.0. The molecule has 1 aromatic rings. The molecule has 0 spiro atoms. The molecule has 0 aliphatic rings. The number of sulfone groups is 1. The second kappa shape index (κ2) is 5.71. The zero-order valence-corrected chi connectivity index (χ0v) is 11.8. The van der Waals surface area contributed by atoms with E-state index >= 15 is 0 Å². The fourth-order valence-corrected chi connectivity index (χ4v) is 3.77. The Kier molecular flexibility index (Phi) is 4.76. The Bertz CT molecular complexity index is 547. The van der Waals surface area contributed by atoms with Gasteiger partial charge in [-0.05, 0) is 31.0 Å². The maximum atomic E-state index is 12.2. The summed E-state index contributed by atoms with van der Waals surface area (Å²) in [6.07, 6.45) is 0.980. The van der Waals surface area contributed by atoms with Gasteiger partial charge in [0.05, 0.1) is 20.7 Å². The van der Waals surface area contributed by atoms with Crippen LogP contribution in [0.4, 0.5) is 0 Å². The van der Waals surface area contributed by atoms with E-state index in [2.05, 4.69) is 0 Å². The van der Waals surface area contributed by atoms with E-state index in [0.29, 0.717) is 12.8 Å². The molecule has 0 fully saturated rings. The zero-order valence-electron chi connectivity index (χ0n) is 10.2. The Balaban J connectivity index is 3.34. The zero-order chi connectivity index (χ0) is 13.9. The largest absolute Gasteiger partial charge is 0.478 e. The van der Waals surface area contributed by atoms with Gasteiger partial charge in [-0.1, -0.05) is 25.4 Å². The Morgan fingerprint density at radius 1 is 1.33 bits per heavy atom. The van der Waals surface area contributed by atoms with Gasteiger partial charge in [-0.3, -0.25) is 0 Å². The van der Waals surface area contributed by atoms with Gasteiger partial charge in [0.2, 0.25) is 0 Å². The van der Waals surface area contributed by atoms with Crippen LogP contribution in [0.2, 0.25) is 5.02 Å². The summed E-state index contributed by atoms with van der Waals surface area (Å²) < 4.78 is 24.5. The third-order valence-corrected chi connectivity index (χ3v) is 5.63. The van der Waals surface area contributed by atoms with E-state index in [1.807, 2.05) is 0 Å². The summed E-state index contributed by atoms with van der Waals surface area (Å²) in [6.45, 7) is 3.58. The van der Waals surface area contributed by atoms with Crippen LogP contribution in [0.5, 0.6) is 0 Å². The third-order valence-electron chi connectivity index (χ3n) is 2.85. The van der Waals surface area contributed by atoms with E-state index in [1.165, 1.54) is 12.1 Å². The SMILES string of the molecule is CCC(CC)S(=O)(=O)c1ccc(Cl)c(C(=O)O)c1. The van der Waals surface area contributed by atoms with Crippen molar-refractivity contribution < 1.29 is 18.3 Å². The van der Waals surface area contributed by atoms with Crippen LogP contribution in [0.3, 0.4) is 0 Å². The lowest BCUT2D eigenvalue weighted by Crippen LogP contribution is -2.20. The van der Waals surface area contributed by atoms with E-state index in [1.54, 1.807) is 13.8 Å². The normalized spacial score (nSPS) is 11.8. The highest BCUT2D eigenvalue weighted by Crippen LogP contribution is 2.25. The molecule has 100 valence electrons. The molecule has 0 saturated carbocycles. The molecule has 0 amide bonds. The van der Waals surface area contributed by atoms with Crippen LogP contribution in [0, 0.1) is 0 Å². The van der Waals surface area contributed by atoms with Gasteiger partial charge in [0.1, 0.15) is 0 Å². The van der Waals surface area contributed by atoms with E-state index in [9.17, 15) is 13.2 Å². The minimum Gasteiger partial charge on any atom is -0.478 e. The number of hydrogen-bond donors (Lipinski definition) is 1. The topological polar surface area (TPSA) is 71.4 Å². The molecule has 0 radical (unpaired) electrons. The summed E-state index contributed by atoms with van der Waals surface area (Å²) in [5.74, 6) is -1.23. The number of carboxylic acid groups (broad SMARTS) is 1. The van der Waals surface area contributed by atoms with Gasteiger partial charge in [0.15, 0.2) is 9.84 Å². The highest BCUT2D eigenvalue weighted by atomic mass is 35.5. The van der Waals surface area contributed by atoms with Crippen molar-refractivity contribution in [3.63, 3.8) is 0 Å². The Labute approximate surface area is 112 Å². The van der Waals surface area contributed by atoms with Gasteiger partial charge in [-0.25, -0.2) is 13.2 Å². The summed E-state index contributed by atoms with van der Waals surface area (Å²) >= 11 is 5.71. The molecule has 0 saturated heterocycles. The first-order valence-corrected chi connectivity index (χ1v) is 7.53. The molecule has 1 aromatic carbocycles. The second-order valence-corrected chi connectivity index (χ2v) is 6.57. The summed E-state index contributed by atoms with van der Waals surface area (Å²) in [5, 5.41) is 8.46. The van der Waals surface area contributed by atoms with Gasteiger partial charge in [-0.15, -0.1) is 0 Å². The number of carbonyl (C=O) groups is 1. The van der Waals surface area contributed by atoms with Crippen LogP contribution in [0.15, 0.2) is 23.1 Å². The van der Waals surface area contributed by atoms with Crippen molar-refractivity contribution in [3.8, 4) is 0 Å². The number of benzene rings is 1. The van der Waals surface area contributed by atoms with Gasteiger partial charge in [0, 0.05) is 0 Å². The molecule has 6 heteroatoms. The summed E-state index contributed by atoms with van der Waals surface area (Å²) in [5.41, 5.74) is -0.191. The van der Waals surface area contributed by atoms with E-state index in [0.717, 1.165) is 6.07 Å². The van der Waals surface area contributed by atoms with Crippen molar-refractivity contribution in [2.75, 3.05) is 0 Å². The molecule has 1 rings (SSSR count). The molecule has 0 atom stereocenters. The molecule has 4 nitrogen and oxygen atoms in total. The molecular formula is C12H15ClO4S. The Hall–Kier alpha value is -1.07. The Morgan fingerprint density at radius 2 is 1.89 bits per heavy atom. The van der Waals surface area contributed by atoms with E-state index in [-0.39, 0.29) is 15.5 Å². The highest BCUT2D eigenvalue weighted by molar-refractivity contribution is 7.92. The van der Waals surface area contributed by atoms with E-state index in [4.69, 9.17) is 16.7 Å². The first-order chi connectivity index (χ1) is 8.34. The fourth-order valence-electron chi connectivity index (χ4n) is 1.77. The monoisotopic (exact) mass is 290 g/mol. The number of aromatic carboxylic acids is 1. The number of carboxylic acids is 1. The molecule has 18 heavy (non-hydrogen) atoms. The van der Waals surface area contributed by atoms with Crippen molar-refractivity contribution in [2.24, 2.45) is 0 Å². The standard InChI is InChI=1S/C12H15ClO4S/c1-3-8(4-2)18(16,17)9-5-6-11(13)10(7-9)12(14)15/h5-8H,3-4H2,1-2H3,(H,14,15). The van der Waals surface area contributed by atoms with Crippen LogP contribution in [0.25, 0.3) is 0 Å². The maximum Gasteiger partial charge on any atom is 0.337 e. The molecule has 0 aromatic heterocycles.